The molecule has 1 aliphatic heterocycles. The first-order valence-electron chi connectivity index (χ1n) is 12.2. The van der Waals surface area contributed by atoms with Crippen LogP contribution in [0.2, 0.25) is 0 Å². The highest BCUT2D eigenvalue weighted by molar-refractivity contribution is 9.10. The van der Waals surface area contributed by atoms with Gasteiger partial charge in [0.15, 0.2) is 0 Å². The summed E-state index contributed by atoms with van der Waals surface area (Å²) in [5.74, 6) is -1.40. The first kappa shape index (κ1) is 27.5. The quantitative estimate of drug-likeness (QED) is 0.383. The molecule has 1 atom stereocenters. The Labute approximate surface area is 230 Å². The molecule has 38 heavy (non-hydrogen) atoms. The van der Waals surface area contributed by atoms with Gasteiger partial charge in [-0.25, -0.2) is 12.7 Å². The van der Waals surface area contributed by atoms with Crippen molar-refractivity contribution in [2.75, 3.05) is 13.1 Å². The molecule has 0 unspecified atom stereocenters. The highest BCUT2D eigenvalue weighted by atomic mass is 79.9. The van der Waals surface area contributed by atoms with E-state index in [4.69, 9.17) is 0 Å². The van der Waals surface area contributed by atoms with E-state index in [1.807, 2.05) is 54.6 Å². The van der Waals surface area contributed by atoms with Gasteiger partial charge in [-0.15, -0.1) is 0 Å². The topological polar surface area (TPSA) is 104 Å². The summed E-state index contributed by atoms with van der Waals surface area (Å²) >= 11 is 3.45. The molecule has 0 spiro atoms. The molecule has 198 valence electrons. The molecule has 0 fully saturated rings. The molecule has 1 N–H and O–H groups in total. The lowest BCUT2D eigenvalue weighted by Crippen LogP contribution is -2.51. The molecule has 1 heterocycles. The van der Waals surface area contributed by atoms with Crippen LogP contribution >= 0.6 is 15.9 Å². The summed E-state index contributed by atoms with van der Waals surface area (Å²) in [5.41, 5.74) is 1.77. The zero-order chi connectivity index (χ0) is 27.3. The number of nitrogens with one attached hydrogen (secondary N) is 1. The predicted octanol–water partition coefficient (Wildman–Crippen LogP) is 3.76. The number of carbonyl (C=O) groups excluding carboxylic acids is 3. The minimum Gasteiger partial charge on any atom is -0.355 e. The van der Waals surface area contributed by atoms with Gasteiger partial charge in [-0.1, -0.05) is 70.5 Å². The lowest BCUT2D eigenvalue weighted by Gasteiger charge is -2.32. The van der Waals surface area contributed by atoms with Crippen LogP contribution in [0.5, 0.6) is 0 Å². The van der Waals surface area contributed by atoms with Crippen molar-refractivity contribution >= 4 is 43.7 Å². The Kier molecular flexibility index (Phi) is 8.63. The molecule has 0 aliphatic carbocycles. The highest BCUT2D eigenvalue weighted by Gasteiger charge is 2.41. The molecule has 4 rings (SSSR count). The van der Waals surface area contributed by atoms with Crippen molar-refractivity contribution in [3.8, 4) is 0 Å². The van der Waals surface area contributed by atoms with E-state index < -0.39 is 27.9 Å². The predicted molar refractivity (Wildman–Crippen MR) is 147 cm³/mol. The third-order valence-electron chi connectivity index (χ3n) is 6.30. The van der Waals surface area contributed by atoms with Crippen molar-refractivity contribution in [2.24, 2.45) is 0 Å². The molecule has 0 saturated heterocycles. The molecule has 3 aromatic carbocycles. The van der Waals surface area contributed by atoms with Gasteiger partial charge in [-0.3, -0.25) is 14.4 Å². The van der Waals surface area contributed by atoms with E-state index in [1.54, 1.807) is 19.1 Å². The maximum atomic E-state index is 13.7. The number of hydrogen-bond acceptors (Lipinski definition) is 5. The van der Waals surface area contributed by atoms with Crippen molar-refractivity contribution in [3.05, 3.63) is 100 Å². The molecular weight excluding hydrogens is 570 g/mol. The van der Waals surface area contributed by atoms with E-state index in [0.29, 0.717) is 6.54 Å². The fourth-order valence-corrected chi connectivity index (χ4v) is 6.49. The summed E-state index contributed by atoms with van der Waals surface area (Å²) in [6.45, 7) is 2.01. The van der Waals surface area contributed by atoms with E-state index >= 15 is 0 Å². The molecule has 0 saturated carbocycles. The van der Waals surface area contributed by atoms with Crippen LogP contribution in [0, 0.1) is 0 Å². The van der Waals surface area contributed by atoms with Crippen LogP contribution in [0.25, 0.3) is 0 Å². The van der Waals surface area contributed by atoms with Crippen molar-refractivity contribution in [2.45, 2.75) is 37.2 Å². The monoisotopic (exact) mass is 597 g/mol. The van der Waals surface area contributed by atoms with Gasteiger partial charge in [0, 0.05) is 36.9 Å². The van der Waals surface area contributed by atoms with E-state index in [1.165, 1.54) is 17.0 Å². The minimum absolute atomic E-state index is 0.0623. The largest absolute Gasteiger partial charge is 0.355 e. The van der Waals surface area contributed by atoms with Gasteiger partial charge >= 0.3 is 0 Å². The number of fused-ring (bicyclic) bond motifs is 1. The van der Waals surface area contributed by atoms with Crippen molar-refractivity contribution in [1.82, 2.24) is 14.5 Å². The van der Waals surface area contributed by atoms with Crippen LogP contribution in [-0.2, 0) is 32.6 Å². The Morgan fingerprint density at radius 1 is 0.974 bits per heavy atom. The van der Waals surface area contributed by atoms with Crippen molar-refractivity contribution in [3.63, 3.8) is 0 Å². The number of halogens is 1. The Hall–Kier alpha value is -3.50. The average molecular weight is 599 g/mol. The average Bonchev–Trinajstić information content (AvgIpc) is 3.10. The number of likely N-dealkylation sites (N-methyl/N-ethyl adjacent to an activating group) is 1. The smallest absolute Gasteiger partial charge is 0.269 e. The second kappa shape index (κ2) is 11.9. The van der Waals surface area contributed by atoms with Crippen LogP contribution in [0.3, 0.4) is 0 Å². The van der Waals surface area contributed by atoms with E-state index in [9.17, 15) is 22.8 Å². The summed E-state index contributed by atoms with van der Waals surface area (Å²) in [7, 11) is -4.05. The Morgan fingerprint density at radius 3 is 2.34 bits per heavy atom. The van der Waals surface area contributed by atoms with E-state index in [2.05, 4.69) is 21.2 Å². The molecule has 0 radical (unpaired) electrons. The number of nitrogens with zero attached hydrogens (tertiary/aromatic N) is 2. The molecule has 3 aromatic rings. The number of hydrogen-bond donors (Lipinski definition) is 1. The molecule has 3 amide bonds. The highest BCUT2D eigenvalue weighted by Crippen LogP contribution is 2.30. The van der Waals surface area contributed by atoms with E-state index in [-0.39, 0.29) is 42.3 Å². The zero-order valence-corrected chi connectivity index (χ0v) is 23.2. The fraction of sp³-hybridized carbons (Fsp3) is 0.250. The van der Waals surface area contributed by atoms with Crippen LogP contribution in [0.15, 0.2) is 88.2 Å². The summed E-state index contributed by atoms with van der Waals surface area (Å²) in [6.07, 6.45) is 0.0104. The summed E-state index contributed by atoms with van der Waals surface area (Å²) in [5, 5.41) is 2.83. The molecule has 1 aliphatic rings. The van der Waals surface area contributed by atoms with E-state index in [0.717, 1.165) is 19.9 Å². The Morgan fingerprint density at radius 2 is 1.66 bits per heavy atom. The second-order valence-electron chi connectivity index (χ2n) is 8.88. The van der Waals surface area contributed by atoms with Gasteiger partial charge in [-0.05, 0) is 42.3 Å². The Bertz CT molecular complexity index is 1450. The van der Waals surface area contributed by atoms with Crippen LogP contribution in [-0.4, -0.2) is 54.5 Å². The molecular formula is C28H28BrN3O5S. The van der Waals surface area contributed by atoms with Gasteiger partial charge in [0.1, 0.15) is 10.9 Å². The SMILES string of the molecule is CCNC(=O)[C@@H](Cc1ccccc1)N(Cc1cccc(Br)c1)C(=O)CCN1C(=O)c2ccccc2S1(=O)=O. The standard InChI is InChI=1S/C28H28BrN3O5S/c1-2-30-27(34)24(18-20-9-4-3-5-10-20)31(19-21-11-8-12-22(29)17-21)26(33)15-16-32-28(35)23-13-6-7-14-25(23)38(32,36)37/h3-14,17,24H,2,15-16,18-19H2,1H3,(H,30,34)/t24-/m1/s1. The van der Waals surface area contributed by atoms with Gasteiger partial charge in [0.05, 0.1) is 5.56 Å². The summed E-state index contributed by atoms with van der Waals surface area (Å²) in [6, 6.07) is 22.0. The normalized spacial score (nSPS) is 14.6. The maximum Gasteiger partial charge on any atom is 0.269 e. The van der Waals surface area contributed by atoms with Crippen molar-refractivity contribution in [1.29, 1.82) is 0 Å². The molecule has 10 heteroatoms. The first-order chi connectivity index (χ1) is 18.2. The second-order valence-corrected chi connectivity index (χ2v) is 11.6. The van der Waals surface area contributed by atoms with Crippen LogP contribution in [0.1, 0.15) is 34.8 Å². The number of sulfonamides is 1. The number of benzene rings is 3. The number of amides is 3. The van der Waals surface area contributed by atoms with Gasteiger partial charge in [-0.2, -0.15) is 0 Å². The molecule has 8 nitrogen and oxygen atoms in total. The Balaban J connectivity index is 1.62. The van der Waals surface area contributed by atoms with Crippen LogP contribution < -0.4 is 5.32 Å². The molecule has 0 bridgehead atoms. The maximum absolute atomic E-state index is 13.7. The van der Waals surface area contributed by atoms with Crippen molar-refractivity contribution < 1.29 is 22.8 Å². The van der Waals surface area contributed by atoms with Gasteiger partial charge in [0.2, 0.25) is 11.8 Å². The van der Waals surface area contributed by atoms with Crippen LogP contribution in [0.4, 0.5) is 0 Å². The van der Waals surface area contributed by atoms with Gasteiger partial charge in [0.25, 0.3) is 15.9 Å². The lowest BCUT2D eigenvalue weighted by molar-refractivity contribution is -0.141. The first-order valence-corrected chi connectivity index (χ1v) is 14.5. The number of rotatable bonds is 10. The minimum atomic E-state index is -4.05. The zero-order valence-electron chi connectivity index (χ0n) is 20.8. The number of carbonyl (C=O) groups is 3. The lowest BCUT2D eigenvalue weighted by atomic mass is 10.0. The third kappa shape index (κ3) is 5.97. The fourth-order valence-electron chi connectivity index (χ4n) is 4.47. The summed E-state index contributed by atoms with van der Waals surface area (Å²) < 4.78 is 27.5. The van der Waals surface area contributed by atoms with Gasteiger partial charge < -0.3 is 10.2 Å². The third-order valence-corrected chi connectivity index (χ3v) is 8.64. The molecule has 0 aromatic heterocycles. The summed E-state index contributed by atoms with van der Waals surface area (Å²) in [4.78, 5) is 41.2.